The summed E-state index contributed by atoms with van der Waals surface area (Å²) in [6, 6.07) is 5.40. The molecule has 0 bridgehead atoms. The van der Waals surface area contributed by atoms with E-state index in [2.05, 4.69) is 12.2 Å². The molecule has 4 nitrogen and oxygen atoms in total. The Hall–Kier alpha value is -1.26. The first-order valence-corrected chi connectivity index (χ1v) is 6.92. The van der Waals surface area contributed by atoms with Gasteiger partial charge in [0.25, 0.3) is 0 Å². The van der Waals surface area contributed by atoms with E-state index in [-0.39, 0.29) is 5.75 Å². The Kier molecular flexibility index (Phi) is 8.02. The molecule has 108 valence electrons. The molecule has 1 rings (SSSR count). The van der Waals surface area contributed by atoms with Gasteiger partial charge in [0.05, 0.1) is 7.11 Å². The van der Waals surface area contributed by atoms with Crippen LogP contribution in [0.4, 0.5) is 0 Å². The third-order valence-electron chi connectivity index (χ3n) is 2.86. The highest BCUT2D eigenvalue weighted by atomic mass is 16.5. The van der Waals surface area contributed by atoms with Gasteiger partial charge >= 0.3 is 0 Å². The quantitative estimate of drug-likeness (QED) is 0.640. The molecule has 0 radical (unpaired) electrons. The molecule has 2 N–H and O–H groups in total. The highest BCUT2D eigenvalue weighted by molar-refractivity contribution is 5.41. The van der Waals surface area contributed by atoms with Crippen molar-refractivity contribution in [3.8, 4) is 11.5 Å². The number of methoxy groups -OCH3 is 1. The zero-order valence-corrected chi connectivity index (χ0v) is 11.9. The maximum Gasteiger partial charge on any atom is 0.160 e. The second-order valence-corrected chi connectivity index (χ2v) is 4.50. The number of rotatable bonds is 10. The van der Waals surface area contributed by atoms with E-state index in [1.54, 1.807) is 13.2 Å². The summed E-state index contributed by atoms with van der Waals surface area (Å²) < 4.78 is 10.6. The van der Waals surface area contributed by atoms with Crippen molar-refractivity contribution in [3.63, 3.8) is 0 Å². The minimum absolute atomic E-state index is 0.176. The van der Waals surface area contributed by atoms with Gasteiger partial charge in [-0.3, -0.25) is 0 Å². The third-order valence-corrected chi connectivity index (χ3v) is 2.86. The number of aromatic hydroxyl groups is 1. The molecule has 19 heavy (non-hydrogen) atoms. The molecule has 0 aliphatic carbocycles. The number of ether oxygens (including phenoxy) is 2. The van der Waals surface area contributed by atoms with Crippen molar-refractivity contribution < 1.29 is 14.6 Å². The predicted octanol–water partition coefficient (Wildman–Crippen LogP) is 2.70. The number of phenols is 1. The summed E-state index contributed by atoms with van der Waals surface area (Å²) in [5.41, 5.74) is 1.10. The maximum absolute atomic E-state index is 9.49. The fourth-order valence-electron chi connectivity index (χ4n) is 1.71. The molecule has 4 heteroatoms. The van der Waals surface area contributed by atoms with Crippen LogP contribution in [0.5, 0.6) is 11.5 Å². The molecule has 0 saturated heterocycles. The number of hydrogen-bond donors (Lipinski definition) is 2. The van der Waals surface area contributed by atoms with Gasteiger partial charge in [-0.05, 0) is 37.1 Å². The molecule has 1 aromatic rings. The van der Waals surface area contributed by atoms with E-state index in [1.807, 2.05) is 12.1 Å². The molecule has 0 aliphatic rings. The summed E-state index contributed by atoms with van der Waals surface area (Å²) in [7, 11) is 1.56. The SMILES string of the molecule is CCCCOCCCNCc1ccc(O)c(OC)c1. The van der Waals surface area contributed by atoms with E-state index in [4.69, 9.17) is 9.47 Å². The lowest BCUT2D eigenvalue weighted by Crippen LogP contribution is -2.16. The molecule has 0 amide bonds. The van der Waals surface area contributed by atoms with Crippen LogP contribution in [-0.2, 0) is 11.3 Å². The summed E-state index contributed by atoms with van der Waals surface area (Å²) in [5, 5.41) is 12.8. The predicted molar refractivity (Wildman–Crippen MR) is 76.7 cm³/mol. The maximum atomic E-state index is 9.49. The Morgan fingerprint density at radius 3 is 2.74 bits per heavy atom. The molecule has 0 aliphatic heterocycles. The van der Waals surface area contributed by atoms with Gasteiger partial charge in [-0.2, -0.15) is 0 Å². The molecule has 1 aromatic carbocycles. The molecule has 0 saturated carbocycles. The Balaban J connectivity index is 2.12. The normalized spacial score (nSPS) is 10.6. The van der Waals surface area contributed by atoms with Gasteiger partial charge in [-0.15, -0.1) is 0 Å². The summed E-state index contributed by atoms with van der Waals surface area (Å²) in [6.07, 6.45) is 3.33. The lowest BCUT2D eigenvalue weighted by molar-refractivity contribution is 0.129. The van der Waals surface area contributed by atoms with Gasteiger partial charge in [0.1, 0.15) is 0 Å². The lowest BCUT2D eigenvalue weighted by atomic mass is 10.2. The molecule has 0 aromatic heterocycles. The molecular weight excluding hydrogens is 242 g/mol. The van der Waals surface area contributed by atoms with Gasteiger partial charge < -0.3 is 19.9 Å². The van der Waals surface area contributed by atoms with E-state index in [0.29, 0.717) is 5.75 Å². The summed E-state index contributed by atoms with van der Waals surface area (Å²) in [5.74, 6) is 0.692. The van der Waals surface area contributed by atoms with Crippen LogP contribution in [0.3, 0.4) is 0 Å². The van der Waals surface area contributed by atoms with Crippen LogP contribution in [-0.4, -0.2) is 32.0 Å². The van der Waals surface area contributed by atoms with Crippen LogP contribution in [0.2, 0.25) is 0 Å². The van der Waals surface area contributed by atoms with Gasteiger partial charge in [0.15, 0.2) is 11.5 Å². The standard InChI is InChI=1S/C15H25NO3/c1-3-4-9-19-10-5-8-16-12-13-6-7-14(17)15(11-13)18-2/h6-7,11,16-17H,3-5,8-10,12H2,1-2H3. The van der Waals surface area contributed by atoms with E-state index in [0.717, 1.165) is 44.7 Å². The molecule has 0 unspecified atom stereocenters. The van der Waals surface area contributed by atoms with Gasteiger partial charge in [-0.1, -0.05) is 19.4 Å². The van der Waals surface area contributed by atoms with Crippen LogP contribution in [0.15, 0.2) is 18.2 Å². The fraction of sp³-hybridized carbons (Fsp3) is 0.600. The van der Waals surface area contributed by atoms with Crippen LogP contribution >= 0.6 is 0 Å². The molecule has 0 spiro atoms. The zero-order valence-electron chi connectivity index (χ0n) is 11.9. The Labute approximate surface area is 115 Å². The van der Waals surface area contributed by atoms with Gasteiger partial charge in [-0.25, -0.2) is 0 Å². The smallest absolute Gasteiger partial charge is 0.160 e. The highest BCUT2D eigenvalue weighted by Crippen LogP contribution is 2.25. The summed E-state index contributed by atoms with van der Waals surface area (Å²) >= 11 is 0. The number of nitrogens with one attached hydrogen (secondary N) is 1. The average Bonchev–Trinajstić information content (AvgIpc) is 2.43. The lowest BCUT2D eigenvalue weighted by Gasteiger charge is -2.08. The van der Waals surface area contributed by atoms with E-state index in [9.17, 15) is 5.11 Å². The molecule has 0 atom stereocenters. The first-order chi connectivity index (χ1) is 9.27. The summed E-state index contributed by atoms with van der Waals surface area (Å²) in [6.45, 7) is 5.54. The molecule has 0 fully saturated rings. The second kappa shape index (κ2) is 9.64. The van der Waals surface area contributed by atoms with Crippen LogP contribution in [0, 0.1) is 0 Å². The first-order valence-electron chi connectivity index (χ1n) is 6.92. The summed E-state index contributed by atoms with van der Waals surface area (Å²) in [4.78, 5) is 0. The van der Waals surface area contributed by atoms with Crippen molar-refractivity contribution in [2.75, 3.05) is 26.9 Å². The van der Waals surface area contributed by atoms with Crippen molar-refractivity contribution in [1.82, 2.24) is 5.32 Å². The van der Waals surface area contributed by atoms with Crippen molar-refractivity contribution >= 4 is 0 Å². The van der Waals surface area contributed by atoms with E-state index in [1.165, 1.54) is 6.42 Å². The zero-order chi connectivity index (χ0) is 13.9. The van der Waals surface area contributed by atoms with Crippen molar-refractivity contribution in [2.24, 2.45) is 0 Å². The van der Waals surface area contributed by atoms with Gasteiger partial charge in [0, 0.05) is 19.8 Å². The highest BCUT2D eigenvalue weighted by Gasteiger charge is 2.02. The Bertz CT molecular complexity index is 355. The molecule has 0 heterocycles. The average molecular weight is 267 g/mol. The monoisotopic (exact) mass is 267 g/mol. The number of hydrogen-bond acceptors (Lipinski definition) is 4. The van der Waals surface area contributed by atoms with E-state index < -0.39 is 0 Å². The van der Waals surface area contributed by atoms with E-state index >= 15 is 0 Å². The fourth-order valence-corrected chi connectivity index (χ4v) is 1.71. The third kappa shape index (κ3) is 6.45. The number of unbranched alkanes of at least 4 members (excludes halogenated alkanes) is 1. The van der Waals surface area contributed by atoms with Gasteiger partial charge in [0.2, 0.25) is 0 Å². The largest absolute Gasteiger partial charge is 0.504 e. The van der Waals surface area contributed by atoms with Crippen LogP contribution in [0.25, 0.3) is 0 Å². The Morgan fingerprint density at radius 1 is 1.21 bits per heavy atom. The minimum Gasteiger partial charge on any atom is -0.504 e. The topological polar surface area (TPSA) is 50.7 Å². The Morgan fingerprint density at radius 2 is 2.00 bits per heavy atom. The minimum atomic E-state index is 0.176. The van der Waals surface area contributed by atoms with Crippen molar-refractivity contribution in [1.29, 1.82) is 0 Å². The number of benzene rings is 1. The second-order valence-electron chi connectivity index (χ2n) is 4.50. The van der Waals surface area contributed by atoms with Crippen LogP contribution in [0.1, 0.15) is 31.7 Å². The van der Waals surface area contributed by atoms with Crippen molar-refractivity contribution in [2.45, 2.75) is 32.7 Å². The van der Waals surface area contributed by atoms with Crippen LogP contribution < -0.4 is 10.1 Å². The number of phenolic OH excluding ortho intramolecular Hbond substituents is 1. The van der Waals surface area contributed by atoms with Crippen molar-refractivity contribution in [3.05, 3.63) is 23.8 Å². The molecular formula is C15H25NO3. The first kappa shape index (κ1) is 15.8.